The second-order valence-electron chi connectivity index (χ2n) is 5.04. The molecule has 22 heavy (non-hydrogen) atoms. The van der Waals surface area contributed by atoms with Crippen LogP contribution in [0.2, 0.25) is 0 Å². The van der Waals surface area contributed by atoms with Crippen LogP contribution < -0.4 is 4.74 Å². The number of aliphatic hydroxyl groups excluding tert-OH is 1. The second kappa shape index (κ2) is 6.02. The third kappa shape index (κ3) is 2.82. The Morgan fingerprint density at radius 3 is 2.68 bits per heavy atom. The molecule has 1 heterocycles. The lowest BCUT2D eigenvalue weighted by Gasteiger charge is -2.23. The Morgan fingerprint density at radius 1 is 1.14 bits per heavy atom. The first kappa shape index (κ1) is 14.9. The molecule has 0 aliphatic heterocycles. The zero-order valence-electron chi connectivity index (χ0n) is 11.8. The maximum Gasteiger partial charge on any atom is 0.165 e. The lowest BCUT2D eigenvalue weighted by Crippen LogP contribution is -2.21. The van der Waals surface area contributed by atoms with E-state index in [0.29, 0.717) is 10.9 Å². The van der Waals surface area contributed by atoms with Gasteiger partial charge in [0.05, 0.1) is 6.10 Å². The molecule has 0 saturated carbocycles. The smallest absolute Gasteiger partial charge is 0.165 e. The fourth-order valence-corrected chi connectivity index (χ4v) is 3.15. The van der Waals surface area contributed by atoms with Crippen LogP contribution in [0.1, 0.15) is 18.6 Å². The number of aliphatic hydroxyl groups is 1. The Kier molecular flexibility index (Phi) is 4.09. The summed E-state index contributed by atoms with van der Waals surface area (Å²) in [5.74, 6) is -0.858. The molecule has 1 aromatic heterocycles. The van der Waals surface area contributed by atoms with E-state index in [1.165, 1.54) is 42.5 Å². The maximum absolute atomic E-state index is 14.1. The molecule has 2 unspecified atom stereocenters. The molecule has 0 radical (unpaired) electrons. The van der Waals surface area contributed by atoms with Gasteiger partial charge >= 0.3 is 0 Å². The van der Waals surface area contributed by atoms with Gasteiger partial charge in [-0.05, 0) is 48.2 Å². The normalized spacial score (nSPS) is 14.0. The van der Waals surface area contributed by atoms with Gasteiger partial charge < -0.3 is 9.84 Å². The van der Waals surface area contributed by atoms with E-state index in [9.17, 15) is 13.9 Å². The van der Waals surface area contributed by atoms with E-state index in [-0.39, 0.29) is 5.75 Å². The topological polar surface area (TPSA) is 29.5 Å². The number of ether oxygens (including phenoxy) is 1. The van der Waals surface area contributed by atoms with E-state index < -0.39 is 23.8 Å². The molecule has 0 bridgehead atoms. The van der Waals surface area contributed by atoms with Crippen molar-refractivity contribution < 1.29 is 18.6 Å². The highest BCUT2D eigenvalue weighted by molar-refractivity contribution is 7.17. The summed E-state index contributed by atoms with van der Waals surface area (Å²) >= 11 is 1.47. The van der Waals surface area contributed by atoms with Crippen molar-refractivity contribution in [3.05, 3.63) is 65.0 Å². The molecule has 1 N–H and O–H groups in total. The summed E-state index contributed by atoms with van der Waals surface area (Å²) in [4.78, 5) is 0. The predicted molar refractivity (Wildman–Crippen MR) is 83.2 cm³/mol. The highest BCUT2D eigenvalue weighted by Crippen LogP contribution is 2.36. The molecule has 0 aliphatic rings. The largest absolute Gasteiger partial charge is 0.479 e. The Morgan fingerprint density at radius 2 is 1.95 bits per heavy atom. The molecule has 2 nitrogen and oxygen atoms in total. The molecule has 0 spiro atoms. The van der Waals surface area contributed by atoms with Crippen molar-refractivity contribution in [1.29, 1.82) is 0 Å². The highest BCUT2D eigenvalue weighted by atomic mass is 32.1. The summed E-state index contributed by atoms with van der Waals surface area (Å²) in [6, 6.07) is 10.5. The molecule has 0 saturated heterocycles. The van der Waals surface area contributed by atoms with Crippen molar-refractivity contribution in [2.45, 2.75) is 19.1 Å². The van der Waals surface area contributed by atoms with Crippen LogP contribution in [0, 0.1) is 11.6 Å². The Bertz CT molecular complexity index is 798. The predicted octanol–water partition coefficient (Wildman–Crippen LogP) is 4.68. The molecular formula is C17H14F2O2S. The van der Waals surface area contributed by atoms with Crippen LogP contribution in [0.25, 0.3) is 10.1 Å². The summed E-state index contributed by atoms with van der Waals surface area (Å²) in [7, 11) is 0. The quantitative estimate of drug-likeness (QED) is 0.756. The average molecular weight is 320 g/mol. The number of hydrogen-bond acceptors (Lipinski definition) is 3. The average Bonchev–Trinajstić information content (AvgIpc) is 2.94. The third-order valence-corrected chi connectivity index (χ3v) is 4.28. The first-order valence-electron chi connectivity index (χ1n) is 6.82. The van der Waals surface area contributed by atoms with Crippen molar-refractivity contribution in [1.82, 2.24) is 0 Å². The van der Waals surface area contributed by atoms with Crippen molar-refractivity contribution in [3.63, 3.8) is 0 Å². The van der Waals surface area contributed by atoms with E-state index in [2.05, 4.69) is 0 Å². The van der Waals surface area contributed by atoms with Gasteiger partial charge in [-0.2, -0.15) is 0 Å². The van der Waals surface area contributed by atoms with Crippen LogP contribution in [-0.4, -0.2) is 11.2 Å². The number of benzene rings is 2. The minimum Gasteiger partial charge on any atom is -0.479 e. The zero-order valence-corrected chi connectivity index (χ0v) is 12.6. The molecular weight excluding hydrogens is 306 g/mol. The van der Waals surface area contributed by atoms with Gasteiger partial charge in [-0.3, -0.25) is 0 Å². The fraction of sp³-hybridized carbons (Fsp3) is 0.176. The van der Waals surface area contributed by atoms with Crippen molar-refractivity contribution in [2.75, 3.05) is 0 Å². The van der Waals surface area contributed by atoms with Gasteiger partial charge in [-0.15, -0.1) is 11.3 Å². The minimum absolute atomic E-state index is 0.0777. The van der Waals surface area contributed by atoms with Gasteiger partial charge in [-0.25, -0.2) is 8.78 Å². The van der Waals surface area contributed by atoms with Crippen LogP contribution >= 0.6 is 11.3 Å². The number of halogens is 2. The summed E-state index contributed by atoms with van der Waals surface area (Å²) in [6.07, 6.45) is -1.77. The van der Waals surface area contributed by atoms with Crippen LogP contribution in [0.4, 0.5) is 8.78 Å². The van der Waals surface area contributed by atoms with Gasteiger partial charge in [0.1, 0.15) is 11.9 Å². The van der Waals surface area contributed by atoms with E-state index in [1.807, 2.05) is 5.38 Å². The first-order chi connectivity index (χ1) is 10.6. The standard InChI is InChI=1S/C17H14F2O2S/c1-10(20)16(11-3-2-4-12(18)9-11)21-17-13-7-8-22-15(13)6-5-14(17)19/h2-10,16,20H,1H3. The molecule has 0 aliphatic carbocycles. The minimum atomic E-state index is -0.921. The molecule has 2 aromatic carbocycles. The molecule has 5 heteroatoms. The van der Waals surface area contributed by atoms with Crippen LogP contribution in [0.15, 0.2) is 47.8 Å². The summed E-state index contributed by atoms with van der Waals surface area (Å²) in [6.45, 7) is 1.53. The van der Waals surface area contributed by atoms with Gasteiger partial charge in [0.25, 0.3) is 0 Å². The Labute approximate surface area is 130 Å². The highest BCUT2D eigenvalue weighted by Gasteiger charge is 2.23. The first-order valence-corrected chi connectivity index (χ1v) is 7.70. The van der Waals surface area contributed by atoms with E-state index in [1.54, 1.807) is 18.2 Å². The van der Waals surface area contributed by atoms with Crippen LogP contribution in [0.5, 0.6) is 5.75 Å². The van der Waals surface area contributed by atoms with Crippen LogP contribution in [-0.2, 0) is 0 Å². The Hall–Kier alpha value is -1.98. The summed E-state index contributed by atoms with van der Waals surface area (Å²) in [5, 5.41) is 12.5. The van der Waals surface area contributed by atoms with Crippen molar-refractivity contribution in [2.24, 2.45) is 0 Å². The van der Waals surface area contributed by atoms with Gasteiger partial charge in [-0.1, -0.05) is 12.1 Å². The Balaban J connectivity index is 2.03. The molecule has 3 rings (SSSR count). The zero-order chi connectivity index (χ0) is 15.7. The molecule has 2 atom stereocenters. The van der Waals surface area contributed by atoms with Crippen LogP contribution in [0.3, 0.4) is 0 Å². The molecule has 0 fully saturated rings. The van der Waals surface area contributed by atoms with Gasteiger partial charge in [0.2, 0.25) is 0 Å². The van der Waals surface area contributed by atoms with E-state index in [0.717, 1.165) is 4.70 Å². The number of thiophene rings is 1. The van der Waals surface area contributed by atoms with Gasteiger partial charge in [0.15, 0.2) is 11.6 Å². The summed E-state index contributed by atoms with van der Waals surface area (Å²) in [5.41, 5.74) is 0.460. The lowest BCUT2D eigenvalue weighted by atomic mass is 10.0. The maximum atomic E-state index is 14.1. The third-order valence-electron chi connectivity index (χ3n) is 3.40. The fourth-order valence-electron chi connectivity index (χ4n) is 2.37. The molecule has 3 aromatic rings. The number of fused-ring (bicyclic) bond motifs is 1. The molecule has 114 valence electrons. The molecule has 0 amide bonds. The second-order valence-corrected chi connectivity index (χ2v) is 5.99. The van der Waals surface area contributed by atoms with E-state index in [4.69, 9.17) is 4.74 Å². The number of rotatable bonds is 4. The van der Waals surface area contributed by atoms with Crippen molar-refractivity contribution in [3.8, 4) is 5.75 Å². The van der Waals surface area contributed by atoms with Gasteiger partial charge in [0, 0.05) is 10.1 Å². The van der Waals surface area contributed by atoms with Crippen molar-refractivity contribution >= 4 is 21.4 Å². The van der Waals surface area contributed by atoms with E-state index >= 15 is 0 Å². The SMILES string of the molecule is CC(O)C(Oc1c(F)ccc2sccc12)c1cccc(F)c1. The lowest BCUT2D eigenvalue weighted by molar-refractivity contribution is 0.0465. The number of hydrogen-bond donors (Lipinski definition) is 1. The monoisotopic (exact) mass is 320 g/mol. The summed E-state index contributed by atoms with van der Waals surface area (Å²) < 4.78 is 34.2.